The summed E-state index contributed by atoms with van der Waals surface area (Å²) in [6.07, 6.45) is 0.484. The fourth-order valence-corrected chi connectivity index (χ4v) is 1.63. The van der Waals surface area contributed by atoms with Gasteiger partial charge in [0.05, 0.1) is 6.54 Å². The lowest BCUT2D eigenvalue weighted by atomic mass is 10.0. The number of nitrogen functional groups attached to an aromatic ring is 1. The zero-order valence-electron chi connectivity index (χ0n) is 8.69. The minimum absolute atomic E-state index is 0.0665. The molecule has 1 aliphatic rings. The number of carbonyl (C=O) groups excluding carboxylic acids is 2. The van der Waals surface area contributed by atoms with Crippen LogP contribution in [0.3, 0.4) is 0 Å². The Kier molecular flexibility index (Phi) is 2.76. The number of nitrogens with one attached hydrogen (secondary N) is 2. The smallest absolute Gasteiger partial charge is 0.243 e. The number of amides is 2. The van der Waals surface area contributed by atoms with E-state index in [-0.39, 0.29) is 18.4 Å². The van der Waals surface area contributed by atoms with Gasteiger partial charge in [0.2, 0.25) is 11.8 Å². The SMILES string of the molecule is Nc1ccc(CC2NC(=O)CNC2=O)cc1. The van der Waals surface area contributed by atoms with Gasteiger partial charge in [-0.1, -0.05) is 12.1 Å². The van der Waals surface area contributed by atoms with Crippen LogP contribution in [0, 0.1) is 0 Å². The monoisotopic (exact) mass is 219 g/mol. The molecule has 2 amide bonds. The van der Waals surface area contributed by atoms with Crippen molar-refractivity contribution in [3.8, 4) is 0 Å². The quantitative estimate of drug-likeness (QED) is 0.582. The average molecular weight is 219 g/mol. The molecule has 4 N–H and O–H groups in total. The van der Waals surface area contributed by atoms with Crippen molar-refractivity contribution < 1.29 is 9.59 Å². The van der Waals surface area contributed by atoms with Crippen LogP contribution in [0.1, 0.15) is 5.56 Å². The summed E-state index contributed by atoms with van der Waals surface area (Å²) in [5, 5.41) is 5.18. The van der Waals surface area contributed by atoms with E-state index in [1.807, 2.05) is 12.1 Å². The molecule has 0 aromatic heterocycles. The van der Waals surface area contributed by atoms with E-state index in [1.165, 1.54) is 0 Å². The Bertz CT molecular complexity index is 414. The first-order valence-electron chi connectivity index (χ1n) is 5.06. The van der Waals surface area contributed by atoms with Crippen molar-refractivity contribution in [3.05, 3.63) is 29.8 Å². The van der Waals surface area contributed by atoms with Crippen molar-refractivity contribution in [2.45, 2.75) is 12.5 Å². The topological polar surface area (TPSA) is 84.2 Å². The molecule has 5 nitrogen and oxygen atoms in total. The molecule has 1 aliphatic heterocycles. The highest BCUT2D eigenvalue weighted by Crippen LogP contribution is 2.08. The molecule has 1 heterocycles. The fourth-order valence-electron chi connectivity index (χ4n) is 1.63. The van der Waals surface area contributed by atoms with Crippen molar-refractivity contribution in [2.24, 2.45) is 0 Å². The highest BCUT2D eigenvalue weighted by atomic mass is 16.2. The van der Waals surface area contributed by atoms with E-state index in [1.54, 1.807) is 12.1 Å². The van der Waals surface area contributed by atoms with Gasteiger partial charge in [-0.3, -0.25) is 9.59 Å². The number of hydrogen-bond acceptors (Lipinski definition) is 3. The standard InChI is InChI=1S/C11H13N3O2/c12-8-3-1-7(2-4-8)5-9-11(16)13-6-10(15)14-9/h1-4,9H,5-6,12H2,(H,13,16)(H,14,15). The van der Waals surface area contributed by atoms with Crippen LogP contribution in [0.15, 0.2) is 24.3 Å². The minimum atomic E-state index is -0.482. The highest BCUT2D eigenvalue weighted by Gasteiger charge is 2.25. The molecular formula is C11H13N3O2. The van der Waals surface area contributed by atoms with Crippen LogP contribution < -0.4 is 16.4 Å². The number of piperazine rings is 1. The van der Waals surface area contributed by atoms with Gasteiger partial charge >= 0.3 is 0 Å². The van der Waals surface area contributed by atoms with Crippen LogP contribution in [-0.2, 0) is 16.0 Å². The van der Waals surface area contributed by atoms with Crippen molar-refractivity contribution in [2.75, 3.05) is 12.3 Å². The largest absolute Gasteiger partial charge is 0.399 e. The molecule has 5 heteroatoms. The minimum Gasteiger partial charge on any atom is -0.399 e. The van der Waals surface area contributed by atoms with Gasteiger partial charge in [-0.15, -0.1) is 0 Å². The van der Waals surface area contributed by atoms with E-state index < -0.39 is 6.04 Å². The van der Waals surface area contributed by atoms with Crippen LogP contribution in [0.4, 0.5) is 5.69 Å². The lowest BCUT2D eigenvalue weighted by Gasteiger charge is -2.23. The first kappa shape index (κ1) is 10.5. The van der Waals surface area contributed by atoms with Gasteiger partial charge in [0.25, 0.3) is 0 Å². The number of anilines is 1. The summed E-state index contributed by atoms with van der Waals surface area (Å²) in [6, 6.07) is 6.77. The fraction of sp³-hybridized carbons (Fsp3) is 0.273. The van der Waals surface area contributed by atoms with Gasteiger partial charge in [0.1, 0.15) is 6.04 Å². The maximum Gasteiger partial charge on any atom is 0.243 e. The number of rotatable bonds is 2. The Balaban J connectivity index is 2.05. The maximum absolute atomic E-state index is 11.5. The Morgan fingerprint density at radius 2 is 1.94 bits per heavy atom. The van der Waals surface area contributed by atoms with Gasteiger partial charge in [-0.05, 0) is 17.7 Å². The summed E-state index contributed by atoms with van der Waals surface area (Å²) in [7, 11) is 0. The van der Waals surface area contributed by atoms with Crippen LogP contribution >= 0.6 is 0 Å². The summed E-state index contributed by atoms with van der Waals surface area (Å²) >= 11 is 0. The highest BCUT2D eigenvalue weighted by molar-refractivity contribution is 5.94. The van der Waals surface area contributed by atoms with Crippen LogP contribution in [-0.4, -0.2) is 24.4 Å². The summed E-state index contributed by atoms with van der Waals surface area (Å²) in [6.45, 7) is 0.0665. The number of benzene rings is 1. The molecule has 1 atom stereocenters. The third kappa shape index (κ3) is 2.31. The zero-order valence-corrected chi connectivity index (χ0v) is 8.69. The number of nitrogens with two attached hydrogens (primary N) is 1. The molecule has 0 bridgehead atoms. The van der Waals surface area contributed by atoms with Crippen molar-refractivity contribution in [3.63, 3.8) is 0 Å². The van der Waals surface area contributed by atoms with Crippen molar-refractivity contribution in [1.82, 2.24) is 10.6 Å². The third-order valence-electron chi connectivity index (χ3n) is 2.49. The molecule has 0 spiro atoms. The summed E-state index contributed by atoms with van der Waals surface area (Å²) in [5.41, 5.74) is 7.21. The van der Waals surface area contributed by atoms with E-state index in [4.69, 9.17) is 5.73 Å². The van der Waals surface area contributed by atoms with E-state index in [0.717, 1.165) is 5.56 Å². The van der Waals surface area contributed by atoms with Crippen LogP contribution in [0.5, 0.6) is 0 Å². The first-order chi connectivity index (χ1) is 7.65. The molecule has 1 unspecified atom stereocenters. The molecule has 16 heavy (non-hydrogen) atoms. The average Bonchev–Trinajstić information content (AvgIpc) is 2.27. The second-order valence-corrected chi connectivity index (χ2v) is 3.78. The van der Waals surface area contributed by atoms with E-state index in [2.05, 4.69) is 10.6 Å². The van der Waals surface area contributed by atoms with Gasteiger partial charge in [0.15, 0.2) is 0 Å². The van der Waals surface area contributed by atoms with Gasteiger partial charge in [-0.25, -0.2) is 0 Å². The predicted octanol–water partition coefficient (Wildman–Crippen LogP) is -0.574. The Labute approximate surface area is 93.0 Å². The lowest BCUT2D eigenvalue weighted by Crippen LogP contribution is -2.56. The molecule has 1 fully saturated rings. The van der Waals surface area contributed by atoms with Gasteiger partial charge in [0, 0.05) is 12.1 Å². The Morgan fingerprint density at radius 1 is 1.25 bits per heavy atom. The summed E-state index contributed by atoms with van der Waals surface area (Å²) in [5.74, 6) is -0.295. The van der Waals surface area contributed by atoms with Crippen molar-refractivity contribution >= 4 is 17.5 Å². The molecule has 0 aliphatic carbocycles. The molecule has 1 aromatic carbocycles. The molecule has 84 valence electrons. The number of hydrogen-bond donors (Lipinski definition) is 3. The molecular weight excluding hydrogens is 206 g/mol. The molecule has 2 rings (SSSR count). The van der Waals surface area contributed by atoms with Gasteiger partial charge < -0.3 is 16.4 Å². The normalized spacial score (nSPS) is 20.1. The van der Waals surface area contributed by atoms with Crippen molar-refractivity contribution in [1.29, 1.82) is 0 Å². The van der Waals surface area contributed by atoms with E-state index in [9.17, 15) is 9.59 Å². The summed E-state index contributed by atoms with van der Waals surface area (Å²) in [4.78, 5) is 22.6. The Morgan fingerprint density at radius 3 is 2.62 bits per heavy atom. The second-order valence-electron chi connectivity index (χ2n) is 3.78. The predicted molar refractivity (Wildman–Crippen MR) is 59.5 cm³/mol. The van der Waals surface area contributed by atoms with Crippen LogP contribution in [0.2, 0.25) is 0 Å². The van der Waals surface area contributed by atoms with Gasteiger partial charge in [-0.2, -0.15) is 0 Å². The summed E-state index contributed by atoms with van der Waals surface area (Å²) < 4.78 is 0. The molecule has 0 radical (unpaired) electrons. The number of carbonyl (C=O) groups is 2. The van der Waals surface area contributed by atoms with E-state index >= 15 is 0 Å². The first-order valence-corrected chi connectivity index (χ1v) is 5.06. The zero-order chi connectivity index (χ0) is 11.5. The van der Waals surface area contributed by atoms with E-state index in [0.29, 0.717) is 12.1 Å². The third-order valence-corrected chi connectivity index (χ3v) is 2.49. The molecule has 0 saturated carbocycles. The second kappa shape index (κ2) is 4.22. The maximum atomic E-state index is 11.5. The molecule has 1 saturated heterocycles. The Hall–Kier alpha value is -2.04. The lowest BCUT2D eigenvalue weighted by molar-refractivity contribution is -0.133. The van der Waals surface area contributed by atoms with Crippen LogP contribution in [0.25, 0.3) is 0 Å². The molecule has 1 aromatic rings.